The van der Waals surface area contributed by atoms with Crippen molar-refractivity contribution in [1.82, 2.24) is 4.90 Å². The predicted octanol–water partition coefficient (Wildman–Crippen LogP) is 1.26. The van der Waals surface area contributed by atoms with Crippen LogP contribution in [0.4, 0.5) is 0 Å². The van der Waals surface area contributed by atoms with Gasteiger partial charge in [0.2, 0.25) is 5.91 Å². The van der Waals surface area contributed by atoms with Gasteiger partial charge in [0.1, 0.15) is 12.4 Å². The zero-order valence-electron chi connectivity index (χ0n) is 9.89. The molecular formula is C13H18N2O2. The van der Waals surface area contributed by atoms with Gasteiger partial charge in [-0.25, -0.2) is 0 Å². The van der Waals surface area contributed by atoms with Gasteiger partial charge in [0.05, 0.1) is 0 Å². The van der Waals surface area contributed by atoms with E-state index < -0.39 is 5.91 Å². The molecule has 0 radical (unpaired) electrons. The Labute approximate surface area is 101 Å². The summed E-state index contributed by atoms with van der Waals surface area (Å²) >= 11 is 0. The van der Waals surface area contributed by atoms with Crippen LogP contribution in [0.2, 0.25) is 0 Å². The van der Waals surface area contributed by atoms with Crippen LogP contribution in [-0.4, -0.2) is 37.0 Å². The Balaban J connectivity index is 1.81. The highest BCUT2D eigenvalue weighted by molar-refractivity contribution is 5.93. The molecule has 4 heteroatoms. The molecule has 17 heavy (non-hydrogen) atoms. The predicted molar refractivity (Wildman–Crippen MR) is 66.1 cm³/mol. The van der Waals surface area contributed by atoms with Crippen LogP contribution in [0.5, 0.6) is 5.75 Å². The van der Waals surface area contributed by atoms with E-state index in [0.717, 1.165) is 6.54 Å². The number of hydrogen-bond donors (Lipinski definition) is 1. The molecule has 1 fully saturated rings. The van der Waals surface area contributed by atoms with E-state index >= 15 is 0 Å². The maximum absolute atomic E-state index is 11.0. The van der Waals surface area contributed by atoms with Gasteiger partial charge in [0.15, 0.2) is 0 Å². The summed E-state index contributed by atoms with van der Waals surface area (Å²) in [5.74, 6) is 0.287. The Hall–Kier alpha value is -1.55. The monoisotopic (exact) mass is 234 g/mol. The van der Waals surface area contributed by atoms with E-state index in [2.05, 4.69) is 4.90 Å². The smallest absolute Gasteiger partial charge is 0.248 e. The first-order valence-corrected chi connectivity index (χ1v) is 6.01. The molecule has 1 amide bonds. The van der Waals surface area contributed by atoms with E-state index in [-0.39, 0.29) is 0 Å². The molecule has 0 aromatic heterocycles. The zero-order valence-corrected chi connectivity index (χ0v) is 9.89. The fourth-order valence-electron chi connectivity index (χ4n) is 2.04. The Bertz CT molecular complexity index is 387. The first kappa shape index (κ1) is 11.9. The molecule has 1 aromatic carbocycles. The summed E-state index contributed by atoms with van der Waals surface area (Å²) in [5, 5.41) is 0. The van der Waals surface area contributed by atoms with E-state index in [4.69, 9.17) is 10.5 Å². The maximum atomic E-state index is 11.0. The van der Waals surface area contributed by atoms with E-state index in [1.807, 2.05) is 6.07 Å². The van der Waals surface area contributed by atoms with Gasteiger partial charge in [-0.3, -0.25) is 9.69 Å². The number of nitrogens with zero attached hydrogens (tertiary/aromatic N) is 1. The van der Waals surface area contributed by atoms with Gasteiger partial charge in [-0.15, -0.1) is 0 Å². The summed E-state index contributed by atoms with van der Waals surface area (Å²) in [6, 6.07) is 7.00. The van der Waals surface area contributed by atoms with E-state index in [9.17, 15) is 4.79 Å². The quantitative estimate of drug-likeness (QED) is 0.834. The standard InChI is InChI=1S/C13H18N2O2/c14-13(16)11-4-3-5-12(10-11)17-9-8-15-6-1-2-7-15/h3-5,10H,1-2,6-9H2,(H2,14,16). The Morgan fingerprint density at radius 2 is 2.12 bits per heavy atom. The molecule has 1 heterocycles. The van der Waals surface area contributed by atoms with Crippen LogP contribution in [0.1, 0.15) is 23.2 Å². The third kappa shape index (κ3) is 3.46. The number of benzene rings is 1. The van der Waals surface area contributed by atoms with Gasteiger partial charge in [-0.1, -0.05) is 6.07 Å². The fraction of sp³-hybridized carbons (Fsp3) is 0.462. The molecule has 1 aliphatic heterocycles. The highest BCUT2D eigenvalue weighted by Gasteiger charge is 2.10. The molecule has 1 aromatic rings. The highest BCUT2D eigenvalue weighted by atomic mass is 16.5. The van der Waals surface area contributed by atoms with Crippen molar-refractivity contribution in [3.05, 3.63) is 29.8 Å². The van der Waals surface area contributed by atoms with Crippen LogP contribution >= 0.6 is 0 Å². The molecule has 2 N–H and O–H groups in total. The number of rotatable bonds is 5. The average Bonchev–Trinajstić information content (AvgIpc) is 2.82. The topological polar surface area (TPSA) is 55.6 Å². The Morgan fingerprint density at radius 1 is 1.35 bits per heavy atom. The third-order valence-corrected chi connectivity index (χ3v) is 2.99. The van der Waals surface area contributed by atoms with Crippen molar-refractivity contribution in [1.29, 1.82) is 0 Å². The normalized spacial score (nSPS) is 16.0. The SMILES string of the molecule is NC(=O)c1cccc(OCCN2CCCC2)c1. The van der Waals surface area contributed by atoms with Gasteiger partial charge in [-0.2, -0.15) is 0 Å². The van der Waals surface area contributed by atoms with Crippen molar-refractivity contribution in [3.8, 4) is 5.75 Å². The molecule has 0 aliphatic carbocycles. The van der Waals surface area contributed by atoms with E-state index in [0.29, 0.717) is 17.9 Å². The van der Waals surface area contributed by atoms with Crippen molar-refractivity contribution in [2.24, 2.45) is 5.73 Å². The van der Waals surface area contributed by atoms with Crippen LogP contribution in [0.3, 0.4) is 0 Å². The Morgan fingerprint density at radius 3 is 2.82 bits per heavy atom. The van der Waals surface area contributed by atoms with E-state index in [1.165, 1.54) is 25.9 Å². The minimum Gasteiger partial charge on any atom is -0.492 e. The van der Waals surface area contributed by atoms with E-state index in [1.54, 1.807) is 18.2 Å². The largest absolute Gasteiger partial charge is 0.492 e. The van der Waals surface area contributed by atoms with Crippen molar-refractivity contribution >= 4 is 5.91 Å². The lowest BCUT2D eigenvalue weighted by atomic mass is 10.2. The molecule has 4 nitrogen and oxygen atoms in total. The number of ether oxygens (including phenoxy) is 1. The fourth-order valence-corrected chi connectivity index (χ4v) is 2.04. The average molecular weight is 234 g/mol. The first-order valence-electron chi connectivity index (χ1n) is 6.01. The number of hydrogen-bond acceptors (Lipinski definition) is 3. The van der Waals surface area contributed by atoms with Crippen LogP contribution in [0.15, 0.2) is 24.3 Å². The van der Waals surface area contributed by atoms with Crippen LogP contribution in [0, 0.1) is 0 Å². The lowest BCUT2D eigenvalue weighted by Crippen LogP contribution is -2.25. The lowest BCUT2D eigenvalue weighted by Gasteiger charge is -2.15. The second-order valence-electron chi connectivity index (χ2n) is 4.29. The lowest BCUT2D eigenvalue weighted by molar-refractivity contribution is 0.1000. The second-order valence-corrected chi connectivity index (χ2v) is 4.29. The number of likely N-dealkylation sites (tertiary alicyclic amines) is 1. The van der Waals surface area contributed by atoms with Crippen LogP contribution in [-0.2, 0) is 0 Å². The van der Waals surface area contributed by atoms with Gasteiger partial charge in [0.25, 0.3) is 0 Å². The summed E-state index contributed by atoms with van der Waals surface area (Å²) < 4.78 is 5.61. The first-order chi connectivity index (χ1) is 8.25. The third-order valence-electron chi connectivity index (χ3n) is 2.99. The van der Waals surface area contributed by atoms with Crippen molar-refractivity contribution < 1.29 is 9.53 Å². The maximum Gasteiger partial charge on any atom is 0.248 e. The molecule has 0 saturated carbocycles. The van der Waals surface area contributed by atoms with Crippen molar-refractivity contribution in [3.63, 3.8) is 0 Å². The highest BCUT2D eigenvalue weighted by Crippen LogP contribution is 2.13. The van der Waals surface area contributed by atoms with Crippen molar-refractivity contribution in [2.75, 3.05) is 26.2 Å². The minimum absolute atomic E-state index is 0.421. The van der Waals surface area contributed by atoms with Gasteiger partial charge in [0, 0.05) is 12.1 Å². The van der Waals surface area contributed by atoms with Crippen LogP contribution < -0.4 is 10.5 Å². The second kappa shape index (κ2) is 5.68. The molecule has 0 atom stereocenters. The minimum atomic E-state index is -0.421. The number of carbonyl (C=O) groups excluding carboxylic acids is 1. The molecule has 0 spiro atoms. The molecule has 92 valence electrons. The zero-order chi connectivity index (χ0) is 12.1. The Kier molecular flexibility index (Phi) is 3.98. The van der Waals surface area contributed by atoms with Gasteiger partial charge < -0.3 is 10.5 Å². The number of primary amides is 1. The molecule has 0 unspecified atom stereocenters. The summed E-state index contributed by atoms with van der Waals surface area (Å²) in [6.07, 6.45) is 2.58. The molecule has 2 rings (SSSR count). The molecular weight excluding hydrogens is 216 g/mol. The van der Waals surface area contributed by atoms with Gasteiger partial charge >= 0.3 is 0 Å². The van der Waals surface area contributed by atoms with Crippen molar-refractivity contribution in [2.45, 2.75) is 12.8 Å². The molecule has 1 saturated heterocycles. The molecule has 1 aliphatic rings. The summed E-state index contributed by atoms with van der Waals surface area (Å²) in [7, 11) is 0. The number of carbonyl (C=O) groups is 1. The van der Waals surface area contributed by atoms with Crippen LogP contribution in [0.25, 0.3) is 0 Å². The summed E-state index contributed by atoms with van der Waals surface area (Å²) in [4.78, 5) is 13.4. The summed E-state index contributed by atoms with van der Waals surface area (Å²) in [5.41, 5.74) is 5.70. The number of amides is 1. The molecule has 0 bridgehead atoms. The number of nitrogens with two attached hydrogens (primary N) is 1. The van der Waals surface area contributed by atoms with Gasteiger partial charge in [-0.05, 0) is 44.1 Å². The summed E-state index contributed by atoms with van der Waals surface area (Å²) in [6.45, 7) is 3.94.